The molecule has 0 saturated heterocycles. The van der Waals surface area contributed by atoms with E-state index in [1.54, 1.807) is 7.11 Å². The lowest BCUT2D eigenvalue weighted by Gasteiger charge is -2.18. The van der Waals surface area contributed by atoms with Crippen molar-refractivity contribution in [1.82, 2.24) is 5.32 Å². The first-order valence-electron chi connectivity index (χ1n) is 7.06. The number of ether oxygens (including phenoxy) is 1. The number of hydrogen-bond donors (Lipinski definition) is 2. The topological polar surface area (TPSA) is 67.6 Å². The number of unbranched alkanes of at least 4 members (excludes halogenated alkanes) is 1. The van der Waals surface area contributed by atoms with Crippen LogP contribution in [0.25, 0.3) is 0 Å². The summed E-state index contributed by atoms with van der Waals surface area (Å²) in [5.74, 6) is 0.540. The largest absolute Gasteiger partial charge is 0.492 e. The average Bonchev–Trinajstić information content (AvgIpc) is 3.17. The molecule has 1 amide bonds. The molecule has 1 fully saturated rings. The predicted octanol–water partition coefficient (Wildman–Crippen LogP) is 2.47. The SMILES string of the molecule is CCCCN(C)c1sc(C(=O)NC2CC2)c(N)c1OC. The Kier molecular flexibility index (Phi) is 4.75. The molecule has 0 aromatic carbocycles. The van der Waals surface area contributed by atoms with Crippen molar-refractivity contribution in [1.29, 1.82) is 0 Å². The Hall–Kier alpha value is -1.43. The highest BCUT2D eigenvalue weighted by molar-refractivity contribution is 7.19. The minimum absolute atomic E-state index is 0.0801. The molecule has 6 heteroatoms. The van der Waals surface area contributed by atoms with Crippen LogP contribution in [-0.2, 0) is 0 Å². The van der Waals surface area contributed by atoms with E-state index < -0.39 is 0 Å². The smallest absolute Gasteiger partial charge is 0.263 e. The van der Waals surface area contributed by atoms with Crippen molar-refractivity contribution in [3.05, 3.63) is 4.88 Å². The van der Waals surface area contributed by atoms with Gasteiger partial charge in [-0.2, -0.15) is 0 Å². The van der Waals surface area contributed by atoms with Crippen LogP contribution in [0.1, 0.15) is 42.3 Å². The van der Waals surface area contributed by atoms with Crippen molar-refractivity contribution in [3.63, 3.8) is 0 Å². The van der Waals surface area contributed by atoms with Crippen LogP contribution in [0, 0.1) is 0 Å². The summed E-state index contributed by atoms with van der Waals surface area (Å²) in [5.41, 5.74) is 6.53. The van der Waals surface area contributed by atoms with Crippen molar-refractivity contribution in [2.24, 2.45) is 0 Å². The maximum Gasteiger partial charge on any atom is 0.263 e. The molecule has 20 heavy (non-hydrogen) atoms. The van der Waals surface area contributed by atoms with Crippen LogP contribution < -0.4 is 20.7 Å². The predicted molar refractivity (Wildman–Crippen MR) is 83.9 cm³/mol. The van der Waals surface area contributed by atoms with Crippen molar-refractivity contribution >= 4 is 27.9 Å². The Bertz CT molecular complexity index is 483. The molecule has 1 aliphatic carbocycles. The zero-order chi connectivity index (χ0) is 14.7. The fourth-order valence-corrected chi connectivity index (χ4v) is 3.09. The zero-order valence-electron chi connectivity index (χ0n) is 12.4. The number of amides is 1. The van der Waals surface area contributed by atoms with Gasteiger partial charge in [0.15, 0.2) is 5.75 Å². The summed E-state index contributed by atoms with van der Waals surface area (Å²) < 4.78 is 5.39. The third-order valence-corrected chi connectivity index (χ3v) is 4.70. The van der Waals surface area contributed by atoms with Crippen molar-refractivity contribution in [3.8, 4) is 5.75 Å². The molecule has 3 N–H and O–H groups in total. The van der Waals surface area contributed by atoms with Gasteiger partial charge in [-0.15, -0.1) is 11.3 Å². The number of nitrogens with zero attached hydrogens (tertiary/aromatic N) is 1. The van der Waals surface area contributed by atoms with Gasteiger partial charge in [-0.25, -0.2) is 0 Å². The van der Waals surface area contributed by atoms with Gasteiger partial charge in [-0.05, 0) is 19.3 Å². The molecule has 5 nitrogen and oxygen atoms in total. The van der Waals surface area contributed by atoms with Crippen LogP contribution in [-0.4, -0.2) is 32.7 Å². The van der Waals surface area contributed by atoms with E-state index in [9.17, 15) is 4.79 Å². The quantitative estimate of drug-likeness (QED) is 0.811. The third-order valence-electron chi connectivity index (χ3n) is 3.40. The van der Waals surface area contributed by atoms with Gasteiger partial charge in [0.2, 0.25) is 0 Å². The molecule has 1 saturated carbocycles. The minimum Gasteiger partial charge on any atom is -0.492 e. The van der Waals surface area contributed by atoms with E-state index in [4.69, 9.17) is 10.5 Å². The summed E-state index contributed by atoms with van der Waals surface area (Å²) in [5, 5.41) is 3.91. The van der Waals surface area contributed by atoms with Gasteiger partial charge in [-0.3, -0.25) is 4.79 Å². The molecule has 0 bridgehead atoms. The molecular formula is C14H23N3O2S. The van der Waals surface area contributed by atoms with Gasteiger partial charge in [0, 0.05) is 19.6 Å². The number of carbonyl (C=O) groups is 1. The molecule has 2 rings (SSSR count). The molecule has 0 radical (unpaired) electrons. The van der Waals surface area contributed by atoms with E-state index in [1.165, 1.54) is 11.3 Å². The summed E-state index contributed by atoms with van der Waals surface area (Å²) >= 11 is 1.41. The van der Waals surface area contributed by atoms with E-state index in [1.807, 2.05) is 7.05 Å². The van der Waals surface area contributed by atoms with Crippen molar-refractivity contribution in [2.45, 2.75) is 38.6 Å². The van der Waals surface area contributed by atoms with Gasteiger partial charge in [-0.1, -0.05) is 13.3 Å². The molecule has 0 aliphatic heterocycles. The summed E-state index contributed by atoms with van der Waals surface area (Å²) in [4.78, 5) is 14.8. The second-order valence-corrected chi connectivity index (χ2v) is 6.21. The third kappa shape index (κ3) is 3.17. The minimum atomic E-state index is -0.0801. The van der Waals surface area contributed by atoms with Gasteiger partial charge in [0.05, 0.1) is 7.11 Å². The molecular weight excluding hydrogens is 274 g/mol. The van der Waals surface area contributed by atoms with Crippen LogP contribution >= 0.6 is 11.3 Å². The van der Waals surface area contributed by atoms with Crippen LogP contribution in [0.2, 0.25) is 0 Å². The van der Waals surface area contributed by atoms with E-state index >= 15 is 0 Å². The lowest BCUT2D eigenvalue weighted by molar-refractivity contribution is 0.0956. The molecule has 1 aliphatic rings. The van der Waals surface area contributed by atoms with Crippen LogP contribution in [0.3, 0.4) is 0 Å². The van der Waals surface area contributed by atoms with Crippen LogP contribution in [0.15, 0.2) is 0 Å². The number of hydrogen-bond acceptors (Lipinski definition) is 5. The van der Waals surface area contributed by atoms with E-state index in [0.717, 1.165) is 37.2 Å². The molecule has 1 aromatic rings. The second kappa shape index (κ2) is 6.35. The highest BCUT2D eigenvalue weighted by Crippen LogP contribution is 2.44. The standard InChI is InChI=1S/C14H23N3O2S/c1-4-5-8-17(2)14-11(19-3)10(15)12(20-14)13(18)16-9-6-7-9/h9H,4-8,15H2,1-3H3,(H,16,18). The molecule has 112 valence electrons. The van der Waals surface area contributed by atoms with E-state index in [0.29, 0.717) is 22.4 Å². The van der Waals surface area contributed by atoms with Gasteiger partial charge in [0.1, 0.15) is 15.6 Å². The first kappa shape index (κ1) is 15.0. The Morgan fingerprint density at radius 3 is 2.80 bits per heavy atom. The Morgan fingerprint density at radius 2 is 2.25 bits per heavy atom. The number of nitrogen functional groups attached to an aromatic ring is 1. The fourth-order valence-electron chi connectivity index (χ4n) is 2.01. The number of thiophene rings is 1. The van der Waals surface area contributed by atoms with Gasteiger partial charge >= 0.3 is 0 Å². The maximum absolute atomic E-state index is 12.2. The number of methoxy groups -OCH3 is 1. The highest BCUT2D eigenvalue weighted by Gasteiger charge is 2.28. The zero-order valence-corrected chi connectivity index (χ0v) is 13.2. The first-order chi connectivity index (χ1) is 9.58. The highest BCUT2D eigenvalue weighted by atomic mass is 32.1. The molecule has 0 unspecified atom stereocenters. The number of carbonyl (C=O) groups excluding carboxylic acids is 1. The Morgan fingerprint density at radius 1 is 1.55 bits per heavy atom. The summed E-state index contributed by atoms with van der Waals surface area (Å²) in [6.07, 6.45) is 4.36. The van der Waals surface area contributed by atoms with Gasteiger partial charge < -0.3 is 20.7 Å². The van der Waals surface area contributed by atoms with Crippen molar-refractivity contribution in [2.75, 3.05) is 31.3 Å². The van der Waals surface area contributed by atoms with E-state index in [2.05, 4.69) is 17.1 Å². The van der Waals surface area contributed by atoms with E-state index in [-0.39, 0.29) is 5.91 Å². The summed E-state index contributed by atoms with van der Waals surface area (Å²) in [6.45, 7) is 3.08. The summed E-state index contributed by atoms with van der Waals surface area (Å²) in [7, 11) is 3.60. The Labute approximate surface area is 124 Å². The normalized spacial score (nSPS) is 14.2. The maximum atomic E-state index is 12.2. The second-order valence-electron chi connectivity index (χ2n) is 5.21. The number of nitrogens with one attached hydrogen (secondary N) is 1. The average molecular weight is 297 g/mol. The van der Waals surface area contributed by atoms with Crippen LogP contribution in [0.4, 0.5) is 10.7 Å². The monoisotopic (exact) mass is 297 g/mol. The molecule has 1 heterocycles. The lowest BCUT2D eigenvalue weighted by Crippen LogP contribution is -2.25. The fraction of sp³-hybridized carbons (Fsp3) is 0.643. The molecule has 1 aromatic heterocycles. The first-order valence-corrected chi connectivity index (χ1v) is 7.88. The van der Waals surface area contributed by atoms with Gasteiger partial charge in [0.25, 0.3) is 5.91 Å². The van der Waals surface area contributed by atoms with Crippen LogP contribution in [0.5, 0.6) is 5.75 Å². The molecule has 0 spiro atoms. The summed E-state index contributed by atoms with van der Waals surface area (Å²) in [6, 6.07) is 0.330. The molecule has 0 atom stereocenters. The Balaban J connectivity index is 2.20. The number of rotatable bonds is 7. The number of nitrogens with two attached hydrogens (primary N) is 1. The number of anilines is 2. The van der Waals surface area contributed by atoms with Crippen molar-refractivity contribution < 1.29 is 9.53 Å². The lowest BCUT2D eigenvalue weighted by atomic mass is 10.3.